The highest BCUT2D eigenvalue weighted by Gasteiger charge is 2.27. The molecule has 0 amide bonds. The van der Waals surface area contributed by atoms with E-state index in [1.54, 1.807) is 7.11 Å². The van der Waals surface area contributed by atoms with Crippen LogP contribution in [-0.4, -0.2) is 33.0 Å². The molecule has 20 heavy (non-hydrogen) atoms. The molecule has 2 rings (SSSR count). The van der Waals surface area contributed by atoms with Crippen LogP contribution in [0, 0.1) is 0 Å². The van der Waals surface area contributed by atoms with Gasteiger partial charge in [-0.1, -0.05) is 13.0 Å². The van der Waals surface area contributed by atoms with Gasteiger partial charge < -0.3 is 19.9 Å². The highest BCUT2D eigenvalue weighted by atomic mass is 16.5. The SMILES string of the molecule is CCCOCCOC1CCc2cc(OC)ccc2C1N. The Morgan fingerprint density at radius 3 is 2.85 bits per heavy atom. The van der Waals surface area contributed by atoms with Crippen molar-refractivity contribution in [1.82, 2.24) is 0 Å². The first-order valence-electron chi connectivity index (χ1n) is 7.38. The zero-order chi connectivity index (χ0) is 14.4. The summed E-state index contributed by atoms with van der Waals surface area (Å²) < 4.78 is 16.6. The Morgan fingerprint density at radius 1 is 1.25 bits per heavy atom. The van der Waals surface area contributed by atoms with Gasteiger partial charge in [0, 0.05) is 6.61 Å². The summed E-state index contributed by atoms with van der Waals surface area (Å²) in [5.41, 5.74) is 8.77. The standard InChI is InChI=1S/C16H25NO3/c1-3-8-19-9-10-20-15-7-4-12-11-13(18-2)5-6-14(12)16(15)17/h5-6,11,15-16H,3-4,7-10,17H2,1-2H3. The van der Waals surface area contributed by atoms with E-state index in [0.717, 1.165) is 31.6 Å². The van der Waals surface area contributed by atoms with Crippen molar-refractivity contribution < 1.29 is 14.2 Å². The second kappa shape index (κ2) is 7.62. The molecule has 2 atom stereocenters. The maximum absolute atomic E-state index is 6.32. The van der Waals surface area contributed by atoms with Crippen LogP contribution in [0.4, 0.5) is 0 Å². The van der Waals surface area contributed by atoms with Crippen LogP contribution in [0.1, 0.15) is 36.9 Å². The van der Waals surface area contributed by atoms with E-state index in [0.29, 0.717) is 13.2 Å². The summed E-state index contributed by atoms with van der Waals surface area (Å²) >= 11 is 0. The maximum Gasteiger partial charge on any atom is 0.119 e. The topological polar surface area (TPSA) is 53.7 Å². The molecule has 4 heteroatoms. The normalized spacial score (nSPS) is 21.6. The first kappa shape index (κ1) is 15.3. The monoisotopic (exact) mass is 279 g/mol. The smallest absolute Gasteiger partial charge is 0.119 e. The number of hydrogen-bond acceptors (Lipinski definition) is 4. The van der Waals surface area contributed by atoms with Crippen molar-refractivity contribution in [3.8, 4) is 5.75 Å². The number of rotatable bonds is 7. The molecule has 112 valence electrons. The van der Waals surface area contributed by atoms with Gasteiger partial charge in [0.1, 0.15) is 5.75 Å². The van der Waals surface area contributed by atoms with Gasteiger partial charge in [-0.15, -0.1) is 0 Å². The van der Waals surface area contributed by atoms with Gasteiger partial charge in [-0.2, -0.15) is 0 Å². The molecule has 0 heterocycles. The van der Waals surface area contributed by atoms with Crippen molar-refractivity contribution in [2.75, 3.05) is 26.9 Å². The van der Waals surface area contributed by atoms with E-state index < -0.39 is 0 Å². The molecule has 0 aliphatic heterocycles. The Morgan fingerprint density at radius 2 is 2.10 bits per heavy atom. The summed E-state index contributed by atoms with van der Waals surface area (Å²) in [5, 5.41) is 0. The molecule has 1 aliphatic rings. The first-order valence-corrected chi connectivity index (χ1v) is 7.38. The van der Waals surface area contributed by atoms with Gasteiger partial charge >= 0.3 is 0 Å². The molecular formula is C16H25NO3. The molecule has 0 radical (unpaired) electrons. The van der Waals surface area contributed by atoms with Crippen LogP contribution in [0.2, 0.25) is 0 Å². The summed E-state index contributed by atoms with van der Waals surface area (Å²) in [6.45, 7) is 4.15. The van der Waals surface area contributed by atoms with E-state index in [2.05, 4.69) is 19.1 Å². The zero-order valence-corrected chi connectivity index (χ0v) is 12.4. The highest BCUT2D eigenvalue weighted by Crippen LogP contribution is 2.32. The number of nitrogens with two attached hydrogens (primary N) is 1. The van der Waals surface area contributed by atoms with Crippen molar-refractivity contribution in [2.24, 2.45) is 5.73 Å². The van der Waals surface area contributed by atoms with Gasteiger partial charge in [-0.3, -0.25) is 0 Å². The third kappa shape index (κ3) is 3.72. The van der Waals surface area contributed by atoms with Gasteiger partial charge in [-0.25, -0.2) is 0 Å². The van der Waals surface area contributed by atoms with Crippen molar-refractivity contribution in [3.63, 3.8) is 0 Å². The third-order valence-corrected chi connectivity index (χ3v) is 3.72. The predicted molar refractivity (Wildman–Crippen MR) is 79.1 cm³/mol. The van der Waals surface area contributed by atoms with Crippen LogP contribution >= 0.6 is 0 Å². The molecule has 1 aromatic rings. The lowest BCUT2D eigenvalue weighted by molar-refractivity contribution is -0.0125. The van der Waals surface area contributed by atoms with Crippen LogP contribution < -0.4 is 10.5 Å². The number of methoxy groups -OCH3 is 1. The number of fused-ring (bicyclic) bond motifs is 1. The van der Waals surface area contributed by atoms with Crippen molar-refractivity contribution >= 4 is 0 Å². The van der Waals surface area contributed by atoms with Crippen molar-refractivity contribution in [1.29, 1.82) is 0 Å². The van der Waals surface area contributed by atoms with Crippen LogP contribution in [0.15, 0.2) is 18.2 Å². The van der Waals surface area contributed by atoms with E-state index in [1.165, 1.54) is 11.1 Å². The fraction of sp³-hybridized carbons (Fsp3) is 0.625. The Kier molecular flexibility index (Phi) is 5.83. The molecule has 1 aromatic carbocycles. The summed E-state index contributed by atoms with van der Waals surface area (Å²) in [6.07, 6.45) is 3.06. The molecule has 0 saturated heterocycles. The minimum Gasteiger partial charge on any atom is -0.497 e. The van der Waals surface area contributed by atoms with Gasteiger partial charge in [0.25, 0.3) is 0 Å². The number of aryl methyl sites for hydroxylation is 1. The lowest BCUT2D eigenvalue weighted by Crippen LogP contribution is -2.34. The third-order valence-electron chi connectivity index (χ3n) is 3.72. The fourth-order valence-corrected chi connectivity index (χ4v) is 2.62. The van der Waals surface area contributed by atoms with Gasteiger partial charge in [0.05, 0.1) is 32.5 Å². The van der Waals surface area contributed by atoms with Gasteiger partial charge in [0.2, 0.25) is 0 Å². The molecule has 1 aliphatic carbocycles. The number of hydrogen-bond donors (Lipinski definition) is 1. The second-order valence-corrected chi connectivity index (χ2v) is 5.15. The van der Waals surface area contributed by atoms with Crippen LogP contribution in [0.25, 0.3) is 0 Å². The van der Waals surface area contributed by atoms with E-state index >= 15 is 0 Å². The molecule has 0 spiro atoms. The Bertz CT molecular complexity index is 422. The molecule has 0 aromatic heterocycles. The number of ether oxygens (including phenoxy) is 3. The molecule has 0 bridgehead atoms. The Hall–Kier alpha value is -1.10. The Balaban J connectivity index is 1.89. The maximum atomic E-state index is 6.32. The lowest BCUT2D eigenvalue weighted by Gasteiger charge is -2.31. The zero-order valence-electron chi connectivity index (χ0n) is 12.4. The minimum atomic E-state index is -0.0594. The largest absolute Gasteiger partial charge is 0.497 e. The van der Waals surface area contributed by atoms with E-state index in [9.17, 15) is 0 Å². The minimum absolute atomic E-state index is 0.0594. The first-order chi connectivity index (χ1) is 9.76. The van der Waals surface area contributed by atoms with Gasteiger partial charge in [-0.05, 0) is 42.5 Å². The quantitative estimate of drug-likeness (QED) is 0.779. The Labute approximate surface area is 121 Å². The van der Waals surface area contributed by atoms with E-state index in [4.69, 9.17) is 19.9 Å². The summed E-state index contributed by atoms with van der Waals surface area (Å²) in [5.74, 6) is 0.892. The summed E-state index contributed by atoms with van der Waals surface area (Å²) in [7, 11) is 1.69. The average molecular weight is 279 g/mol. The second-order valence-electron chi connectivity index (χ2n) is 5.15. The van der Waals surface area contributed by atoms with Crippen LogP contribution in [0.3, 0.4) is 0 Å². The average Bonchev–Trinajstić information content (AvgIpc) is 2.48. The van der Waals surface area contributed by atoms with Crippen LogP contribution in [-0.2, 0) is 15.9 Å². The molecular weight excluding hydrogens is 254 g/mol. The molecule has 2 N–H and O–H groups in total. The molecule has 0 saturated carbocycles. The highest BCUT2D eigenvalue weighted by molar-refractivity contribution is 5.39. The number of benzene rings is 1. The van der Waals surface area contributed by atoms with E-state index in [-0.39, 0.29) is 12.1 Å². The summed E-state index contributed by atoms with van der Waals surface area (Å²) in [6, 6.07) is 6.04. The fourth-order valence-electron chi connectivity index (χ4n) is 2.62. The molecule has 4 nitrogen and oxygen atoms in total. The molecule has 2 unspecified atom stereocenters. The van der Waals surface area contributed by atoms with E-state index in [1.807, 2.05) is 6.07 Å². The van der Waals surface area contributed by atoms with Crippen molar-refractivity contribution in [3.05, 3.63) is 29.3 Å². The molecule has 0 fully saturated rings. The van der Waals surface area contributed by atoms with Crippen molar-refractivity contribution in [2.45, 2.75) is 38.3 Å². The van der Waals surface area contributed by atoms with Gasteiger partial charge in [0.15, 0.2) is 0 Å². The predicted octanol–water partition coefficient (Wildman–Crippen LogP) is 2.45. The summed E-state index contributed by atoms with van der Waals surface area (Å²) in [4.78, 5) is 0. The lowest BCUT2D eigenvalue weighted by atomic mass is 9.86. The van der Waals surface area contributed by atoms with Crippen LogP contribution in [0.5, 0.6) is 5.75 Å².